The van der Waals surface area contributed by atoms with Gasteiger partial charge in [0.15, 0.2) is 5.11 Å². The Morgan fingerprint density at radius 3 is 2.60 bits per heavy atom. The van der Waals surface area contributed by atoms with Gasteiger partial charge in [0.1, 0.15) is 12.7 Å². The summed E-state index contributed by atoms with van der Waals surface area (Å²) in [5.41, 5.74) is 4.48. The Kier molecular flexibility index (Phi) is 5.83. The van der Waals surface area contributed by atoms with Crippen LogP contribution in [-0.2, 0) is 0 Å². The predicted molar refractivity (Wildman–Crippen MR) is 120 cm³/mol. The van der Waals surface area contributed by atoms with Crippen LogP contribution in [0.3, 0.4) is 0 Å². The number of hydrogen-bond donors (Lipinski definition) is 1. The molecule has 1 N–H and O–H groups in total. The summed E-state index contributed by atoms with van der Waals surface area (Å²) in [6.45, 7) is 6.13. The quantitative estimate of drug-likeness (QED) is 0.584. The summed E-state index contributed by atoms with van der Waals surface area (Å²) in [5.74, 6) is 0. The van der Waals surface area contributed by atoms with Gasteiger partial charge in [-0.2, -0.15) is 0 Å². The van der Waals surface area contributed by atoms with E-state index in [1.807, 2.05) is 23.0 Å². The van der Waals surface area contributed by atoms with Crippen molar-refractivity contribution in [2.24, 2.45) is 0 Å². The number of hydrogen-bond acceptors (Lipinski definition) is 5. The van der Waals surface area contributed by atoms with Crippen LogP contribution >= 0.6 is 12.2 Å². The average molecular weight is 425 g/mol. The van der Waals surface area contributed by atoms with E-state index in [1.54, 1.807) is 12.7 Å². The summed E-state index contributed by atoms with van der Waals surface area (Å²) in [7, 11) is 4.20. The molecule has 0 bridgehead atoms. The maximum atomic E-state index is 5.78. The van der Waals surface area contributed by atoms with Crippen LogP contribution in [0.15, 0.2) is 43.1 Å². The highest BCUT2D eigenvalue weighted by atomic mass is 32.1. The number of rotatable bonds is 7. The lowest BCUT2D eigenvalue weighted by atomic mass is 9.96. The van der Waals surface area contributed by atoms with Gasteiger partial charge in [-0.3, -0.25) is 9.66 Å². The second-order valence-corrected chi connectivity index (χ2v) is 8.34. The van der Waals surface area contributed by atoms with Crippen LogP contribution in [0.25, 0.3) is 0 Å². The van der Waals surface area contributed by atoms with Crippen LogP contribution in [0.2, 0.25) is 0 Å². The summed E-state index contributed by atoms with van der Waals surface area (Å²) in [4.78, 5) is 9.15. The molecule has 0 aromatic carbocycles. The van der Waals surface area contributed by atoms with E-state index in [9.17, 15) is 0 Å². The fraction of sp³-hybridized carbons (Fsp3) is 0.429. The van der Waals surface area contributed by atoms with Gasteiger partial charge >= 0.3 is 0 Å². The highest BCUT2D eigenvalue weighted by Crippen LogP contribution is 2.40. The first-order chi connectivity index (χ1) is 14.5. The molecule has 0 aliphatic carbocycles. The van der Waals surface area contributed by atoms with Gasteiger partial charge in [0.05, 0.1) is 17.8 Å². The first kappa shape index (κ1) is 20.5. The Hall–Kier alpha value is -2.78. The molecular formula is C21H28N8S. The number of nitrogens with one attached hydrogen (secondary N) is 1. The summed E-state index contributed by atoms with van der Waals surface area (Å²) >= 11 is 5.78. The van der Waals surface area contributed by atoms with Gasteiger partial charge in [0.2, 0.25) is 0 Å². The van der Waals surface area contributed by atoms with Crippen molar-refractivity contribution in [3.05, 3.63) is 65.8 Å². The van der Waals surface area contributed by atoms with Crippen molar-refractivity contribution in [3.63, 3.8) is 0 Å². The molecule has 1 aliphatic heterocycles. The molecule has 4 heterocycles. The highest BCUT2D eigenvalue weighted by molar-refractivity contribution is 7.80. The lowest BCUT2D eigenvalue weighted by molar-refractivity contribution is 0.292. The van der Waals surface area contributed by atoms with Gasteiger partial charge in [-0.15, -0.1) is 10.2 Å². The molecule has 3 aromatic heterocycles. The molecule has 2 atom stereocenters. The van der Waals surface area contributed by atoms with Gasteiger partial charge in [0, 0.05) is 29.7 Å². The second kappa shape index (κ2) is 8.53. The Bertz CT molecular complexity index is 996. The van der Waals surface area contributed by atoms with E-state index >= 15 is 0 Å². The zero-order chi connectivity index (χ0) is 21.3. The molecule has 0 radical (unpaired) electrons. The first-order valence-electron chi connectivity index (χ1n) is 10.1. The van der Waals surface area contributed by atoms with Crippen molar-refractivity contribution in [2.45, 2.75) is 32.4 Å². The van der Waals surface area contributed by atoms with Crippen molar-refractivity contribution in [1.82, 2.24) is 39.7 Å². The van der Waals surface area contributed by atoms with Crippen molar-refractivity contribution in [3.8, 4) is 0 Å². The Balaban J connectivity index is 1.75. The van der Waals surface area contributed by atoms with Crippen LogP contribution in [0, 0.1) is 13.8 Å². The third kappa shape index (κ3) is 3.82. The normalized spacial score (nSPS) is 19.0. The van der Waals surface area contributed by atoms with E-state index in [1.165, 1.54) is 5.56 Å². The molecule has 2 unspecified atom stereocenters. The monoisotopic (exact) mass is 424 g/mol. The first-order valence-corrected chi connectivity index (χ1v) is 10.5. The molecule has 1 aliphatic rings. The maximum Gasteiger partial charge on any atom is 0.170 e. The van der Waals surface area contributed by atoms with Crippen molar-refractivity contribution in [2.75, 3.05) is 27.2 Å². The lowest BCUT2D eigenvalue weighted by Gasteiger charge is -2.28. The molecule has 1 saturated heterocycles. The van der Waals surface area contributed by atoms with E-state index in [0.29, 0.717) is 0 Å². The van der Waals surface area contributed by atoms with Crippen molar-refractivity contribution >= 4 is 17.3 Å². The summed E-state index contributed by atoms with van der Waals surface area (Å²) in [6.07, 6.45) is 6.30. The smallest absolute Gasteiger partial charge is 0.170 e. The summed E-state index contributed by atoms with van der Waals surface area (Å²) < 4.78 is 4.03. The third-order valence-corrected chi connectivity index (χ3v) is 5.94. The number of thiocarbonyl (C=S) groups is 1. The molecule has 1 fully saturated rings. The molecule has 3 aromatic rings. The lowest BCUT2D eigenvalue weighted by Crippen LogP contribution is -2.32. The molecular weight excluding hydrogens is 396 g/mol. The molecule has 30 heavy (non-hydrogen) atoms. The van der Waals surface area contributed by atoms with Gasteiger partial charge in [-0.25, -0.2) is 4.68 Å². The second-order valence-electron chi connectivity index (χ2n) is 7.96. The number of aryl methyl sites for hydroxylation is 1. The zero-order valence-corrected chi connectivity index (χ0v) is 18.7. The van der Waals surface area contributed by atoms with E-state index in [0.717, 1.165) is 41.7 Å². The van der Waals surface area contributed by atoms with Gasteiger partial charge in [-0.1, -0.05) is 6.07 Å². The van der Waals surface area contributed by atoms with E-state index in [-0.39, 0.29) is 12.1 Å². The van der Waals surface area contributed by atoms with Crippen molar-refractivity contribution < 1.29 is 0 Å². The van der Waals surface area contributed by atoms with Gasteiger partial charge < -0.3 is 15.1 Å². The number of nitrogens with zero attached hydrogens (tertiary/aromatic N) is 7. The van der Waals surface area contributed by atoms with E-state index < -0.39 is 0 Å². The minimum atomic E-state index is -0.00656. The average Bonchev–Trinajstić information content (AvgIpc) is 3.41. The topological polar surface area (TPSA) is 67.0 Å². The maximum absolute atomic E-state index is 5.78. The van der Waals surface area contributed by atoms with Gasteiger partial charge in [0.25, 0.3) is 0 Å². The van der Waals surface area contributed by atoms with Gasteiger partial charge in [-0.05, 0) is 71.3 Å². The van der Waals surface area contributed by atoms with Crippen LogP contribution in [-0.4, -0.2) is 66.6 Å². The Morgan fingerprint density at radius 1 is 1.17 bits per heavy atom. The van der Waals surface area contributed by atoms with Crippen LogP contribution in [0.4, 0.5) is 0 Å². The Morgan fingerprint density at radius 2 is 1.93 bits per heavy atom. The van der Waals surface area contributed by atoms with Crippen LogP contribution in [0.5, 0.6) is 0 Å². The summed E-state index contributed by atoms with van der Waals surface area (Å²) in [6, 6.07) is 8.33. The minimum Gasteiger partial charge on any atom is -0.352 e. The molecule has 0 saturated carbocycles. The van der Waals surface area contributed by atoms with E-state index in [2.05, 4.69) is 75.0 Å². The molecule has 158 valence electrons. The van der Waals surface area contributed by atoms with Crippen LogP contribution < -0.4 is 5.32 Å². The van der Waals surface area contributed by atoms with Crippen molar-refractivity contribution in [1.29, 1.82) is 0 Å². The molecule has 0 amide bonds. The highest BCUT2D eigenvalue weighted by Gasteiger charge is 2.41. The molecule has 0 spiro atoms. The zero-order valence-electron chi connectivity index (χ0n) is 17.9. The largest absolute Gasteiger partial charge is 0.352 e. The molecule has 4 rings (SSSR count). The molecule has 8 nitrogen and oxygen atoms in total. The fourth-order valence-corrected chi connectivity index (χ4v) is 4.60. The fourth-order valence-electron chi connectivity index (χ4n) is 4.27. The third-order valence-electron chi connectivity index (χ3n) is 5.59. The Labute approximate surface area is 182 Å². The minimum absolute atomic E-state index is 0.00656. The molecule has 9 heteroatoms. The predicted octanol–water partition coefficient (Wildman–Crippen LogP) is 2.33. The van der Waals surface area contributed by atoms with Crippen LogP contribution in [0.1, 0.15) is 41.1 Å². The van der Waals surface area contributed by atoms with E-state index in [4.69, 9.17) is 12.2 Å². The SMILES string of the molecule is Cc1cc(C2C(c3ccccn3)NC(=S)N2CCCN(C)C)c(C)n1-n1cnnc1. The number of aromatic nitrogens is 5. The standard InChI is InChI=1S/C21H28N8S/c1-15-12-17(16(2)29(15)27-13-23-24-14-27)20-19(18-8-5-6-9-22-18)25-21(30)28(20)11-7-10-26(3)4/h5-6,8-9,12-14,19-20H,7,10-11H2,1-4H3,(H,25,30). The number of pyridine rings is 1. The summed E-state index contributed by atoms with van der Waals surface area (Å²) in [5, 5.41) is 12.3.